The van der Waals surface area contributed by atoms with Crippen molar-refractivity contribution in [3.05, 3.63) is 18.6 Å². The van der Waals surface area contributed by atoms with E-state index in [2.05, 4.69) is 26.8 Å². The van der Waals surface area contributed by atoms with Crippen molar-refractivity contribution in [1.82, 2.24) is 14.9 Å². The van der Waals surface area contributed by atoms with Crippen molar-refractivity contribution in [2.75, 3.05) is 44.8 Å². The second kappa shape index (κ2) is 6.89. The van der Waals surface area contributed by atoms with Crippen LogP contribution >= 0.6 is 0 Å². The molecule has 1 aromatic rings. The Bertz CT molecular complexity index is 456. The molecule has 2 saturated heterocycles. The Hall–Kier alpha value is -1.24. The quantitative estimate of drug-likeness (QED) is 0.892. The molecule has 0 unspecified atom stereocenters. The first-order valence-corrected chi connectivity index (χ1v) is 8.18. The third-order valence-electron chi connectivity index (χ3n) is 4.97. The zero-order valence-electron chi connectivity index (χ0n) is 13.3. The van der Waals surface area contributed by atoms with Gasteiger partial charge in [0.2, 0.25) is 0 Å². The van der Waals surface area contributed by atoms with Gasteiger partial charge < -0.3 is 19.6 Å². The van der Waals surface area contributed by atoms with E-state index in [0.29, 0.717) is 19.3 Å². The molecule has 2 fully saturated rings. The summed E-state index contributed by atoms with van der Waals surface area (Å²) >= 11 is 0. The smallest absolute Gasteiger partial charge is 0.131 e. The van der Waals surface area contributed by atoms with E-state index in [1.54, 1.807) is 12.5 Å². The molecule has 0 radical (unpaired) electrons. The Balaban J connectivity index is 1.50. The van der Waals surface area contributed by atoms with Crippen LogP contribution in [-0.4, -0.2) is 71.5 Å². The Morgan fingerprint density at radius 2 is 2.09 bits per heavy atom. The largest absolute Gasteiger partial charge is 0.388 e. The summed E-state index contributed by atoms with van der Waals surface area (Å²) < 4.78 is 5.35. The van der Waals surface area contributed by atoms with Crippen molar-refractivity contribution in [2.45, 2.75) is 37.3 Å². The molecule has 6 heteroatoms. The lowest BCUT2D eigenvalue weighted by Crippen LogP contribution is -2.51. The van der Waals surface area contributed by atoms with Crippen LogP contribution < -0.4 is 4.90 Å². The molecule has 3 rings (SSSR count). The summed E-state index contributed by atoms with van der Waals surface area (Å²) in [6.45, 7) is 4.21. The fourth-order valence-corrected chi connectivity index (χ4v) is 3.47. The van der Waals surface area contributed by atoms with E-state index in [4.69, 9.17) is 4.74 Å². The minimum Gasteiger partial charge on any atom is -0.388 e. The first-order chi connectivity index (χ1) is 10.7. The predicted octanol–water partition coefficient (Wildman–Crippen LogP) is 0.919. The van der Waals surface area contributed by atoms with Gasteiger partial charge in [0.25, 0.3) is 0 Å². The Morgan fingerprint density at radius 3 is 2.73 bits per heavy atom. The average molecular weight is 306 g/mol. The molecule has 0 spiro atoms. The van der Waals surface area contributed by atoms with Crippen molar-refractivity contribution in [3.8, 4) is 0 Å². The molecule has 3 heterocycles. The fourth-order valence-electron chi connectivity index (χ4n) is 3.47. The van der Waals surface area contributed by atoms with Gasteiger partial charge in [0.1, 0.15) is 12.1 Å². The molecule has 2 aliphatic rings. The van der Waals surface area contributed by atoms with Crippen molar-refractivity contribution in [2.24, 2.45) is 0 Å². The maximum absolute atomic E-state index is 10.6. The average Bonchev–Trinajstić information content (AvgIpc) is 2.56. The maximum atomic E-state index is 10.6. The summed E-state index contributed by atoms with van der Waals surface area (Å²) in [7, 11) is 2.11. The standard InChI is InChI=1S/C16H26N4O2/c1-19(15-2-7-17-13-18-15)14-3-8-20(9-4-14)12-16(21)5-10-22-11-6-16/h2,7,13-14,21H,3-6,8-12H2,1H3. The van der Waals surface area contributed by atoms with E-state index in [-0.39, 0.29) is 0 Å². The minimum atomic E-state index is -0.552. The van der Waals surface area contributed by atoms with Crippen molar-refractivity contribution >= 4 is 5.82 Å². The zero-order chi connectivity index (χ0) is 15.4. The van der Waals surface area contributed by atoms with Crippen LogP contribution in [0.3, 0.4) is 0 Å². The van der Waals surface area contributed by atoms with Gasteiger partial charge in [-0.2, -0.15) is 0 Å². The van der Waals surface area contributed by atoms with Gasteiger partial charge in [0.05, 0.1) is 5.60 Å². The third kappa shape index (κ3) is 3.74. The summed E-state index contributed by atoms with van der Waals surface area (Å²) in [5.41, 5.74) is -0.552. The minimum absolute atomic E-state index is 0.510. The highest BCUT2D eigenvalue weighted by Crippen LogP contribution is 2.25. The van der Waals surface area contributed by atoms with E-state index in [1.807, 2.05) is 6.07 Å². The second-order valence-corrected chi connectivity index (χ2v) is 6.52. The third-order valence-corrected chi connectivity index (χ3v) is 4.97. The summed E-state index contributed by atoms with van der Waals surface area (Å²) in [5.74, 6) is 0.983. The molecule has 122 valence electrons. The van der Waals surface area contributed by atoms with E-state index in [9.17, 15) is 5.11 Å². The number of hydrogen-bond donors (Lipinski definition) is 1. The van der Waals surface area contributed by atoms with Crippen LogP contribution in [0.25, 0.3) is 0 Å². The molecule has 1 aromatic heterocycles. The van der Waals surface area contributed by atoms with E-state index in [0.717, 1.165) is 51.1 Å². The summed E-state index contributed by atoms with van der Waals surface area (Å²) in [6.07, 6.45) is 7.11. The zero-order valence-corrected chi connectivity index (χ0v) is 13.3. The Morgan fingerprint density at radius 1 is 1.36 bits per heavy atom. The molecule has 0 amide bonds. The maximum Gasteiger partial charge on any atom is 0.131 e. The van der Waals surface area contributed by atoms with Crippen LogP contribution in [-0.2, 0) is 4.74 Å². The molecular formula is C16H26N4O2. The van der Waals surface area contributed by atoms with Crippen LogP contribution in [0.4, 0.5) is 5.82 Å². The molecule has 0 saturated carbocycles. The number of likely N-dealkylation sites (tertiary alicyclic amines) is 1. The van der Waals surface area contributed by atoms with Crippen LogP contribution in [0.5, 0.6) is 0 Å². The van der Waals surface area contributed by atoms with Crippen LogP contribution in [0, 0.1) is 0 Å². The van der Waals surface area contributed by atoms with Gasteiger partial charge in [-0.15, -0.1) is 0 Å². The topological polar surface area (TPSA) is 61.7 Å². The fraction of sp³-hybridized carbons (Fsp3) is 0.750. The molecule has 22 heavy (non-hydrogen) atoms. The lowest BCUT2D eigenvalue weighted by Gasteiger charge is -2.41. The number of aromatic nitrogens is 2. The molecule has 0 aliphatic carbocycles. The first kappa shape index (κ1) is 15.6. The van der Waals surface area contributed by atoms with E-state index < -0.39 is 5.60 Å². The Labute approximate surface area is 132 Å². The highest BCUT2D eigenvalue weighted by molar-refractivity contribution is 5.36. The number of nitrogens with zero attached hydrogens (tertiary/aromatic N) is 4. The van der Waals surface area contributed by atoms with Crippen LogP contribution in [0.2, 0.25) is 0 Å². The van der Waals surface area contributed by atoms with Crippen LogP contribution in [0.1, 0.15) is 25.7 Å². The first-order valence-electron chi connectivity index (χ1n) is 8.18. The van der Waals surface area contributed by atoms with Gasteiger partial charge >= 0.3 is 0 Å². The van der Waals surface area contributed by atoms with Crippen molar-refractivity contribution < 1.29 is 9.84 Å². The monoisotopic (exact) mass is 306 g/mol. The molecular weight excluding hydrogens is 280 g/mol. The number of hydrogen-bond acceptors (Lipinski definition) is 6. The van der Waals surface area contributed by atoms with Crippen molar-refractivity contribution in [1.29, 1.82) is 0 Å². The molecule has 6 nitrogen and oxygen atoms in total. The highest BCUT2D eigenvalue weighted by atomic mass is 16.5. The SMILES string of the molecule is CN(c1ccncn1)C1CCN(CC2(O)CCOCC2)CC1. The summed E-state index contributed by atoms with van der Waals surface area (Å²) in [6, 6.07) is 2.47. The number of rotatable bonds is 4. The van der Waals surface area contributed by atoms with Gasteiger partial charge in [-0.25, -0.2) is 9.97 Å². The number of β-amino-alcohol motifs (C(OH)–C–C–N with tert-alkyl or cyclic N) is 1. The van der Waals surface area contributed by atoms with Gasteiger partial charge in [0.15, 0.2) is 0 Å². The van der Waals surface area contributed by atoms with Gasteiger partial charge in [0, 0.05) is 65.0 Å². The number of anilines is 1. The Kier molecular flexibility index (Phi) is 4.90. The van der Waals surface area contributed by atoms with Crippen LogP contribution in [0.15, 0.2) is 18.6 Å². The van der Waals surface area contributed by atoms with E-state index in [1.165, 1.54) is 0 Å². The van der Waals surface area contributed by atoms with Gasteiger partial charge in [-0.1, -0.05) is 0 Å². The summed E-state index contributed by atoms with van der Waals surface area (Å²) in [4.78, 5) is 12.9. The second-order valence-electron chi connectivity index (χ2n) is 6.52. The van der Waals surface area contributed by atoms with Gasteiger partial charge in [-0.05, 0) is 18.9 Å². The lowest BCUT2D eigenvalue weighted by atomic mass is 9.92. The molecule has 0 bridgehead atoms. The number of piperidine rings is 1. The van der Waals surface area contributed by atoms with Crippen molar-refractivity contribution in [3.63, 3.8) is 0 Å². The summed E-state index contributed by atoms with van der Waals surface area (Å²) in [5, 5.41) is 10.6. The normalized spacial score (nSPS) is 23.4. The van der Waals surface area contributed by atoms with Gasteiger partial charge in [-0.3, -0.25) is 0 Å². The lowest BCUT2D eigenvalue weighted by molar-refractivity contribution is -0.0820. The number of ether oxygens (including phenoxy) is 1. The molecule has 0 atom stereocenters. The van der Waals surface area contributed by atoms with E-state index >= 15 is 0 Å². The highest BCUT2D eigenvalue weighted by Gasteiger charge is 2.33. The molecule has 1 N–H and O–H groups in total. The molecule has 0 aromatic carbocycles. The number of aliphatic hydroxyl groups is 1. The molecule has 2 aliphatic heterocycles. The predicted molar refractivity (Wildman–Crippen MR) is 84.9 cm³/mol.